The summed E-state index contributed by atoms with van der Waals surface area (Å²) in [6, 6.07) is 5.15. The molecule has 5 N–H and O–H groups in total. The molecule has 1 aromatic carbocycles. The van der Waals surface area contributed by atoms with Crippen molar-refractivity contribution in [3.05, 3.63) is 23.8 Å². The summed E-state index contributed by atoms with van der Waals surface area (Å²) >= 11 is 0. The smallest absolute Gasteiger partial charge is 0.248 e. The SMILES string of the molecule is CCN1CCC(CNc2ccc(C(N)=O)cc2N)C1. The molecule has 0 radical (unpaired) electrons. The van der Waals surface area contributed by atoms with Gasteiger partial charge in [-0.05, 0) is 43.6 Å². The molecule has 19 heavy (non-hydrogen) atoms. The van der Waals surface area contributed by atoms with Gasteiger partial charge < -0.3 is 21.7 Å². The zero-order chi connectivity index (χ0) is 13.8. The number of rotatable bonds is 5. The number of benzene rings is 1. The van der Waals surface area contributed by atoms with Crippen LogP contribution in [0, 0.1) is 5.92 Å². The first-order valence-corrected chi connectivity index (χ1v) is 6.75. The Morgan fingerprint density at radius 3 is 2.89 bits per heavy atom. The Kier molecular flexibility index (Phi) is 4.27. The number of hydrogen-bond donors (Lipinski definition) is 3. The Balaban J connectivity index is 1.91. The number of carbonyl (C=O) groups excluding carboxylic acids is 1. The number of nitrogen functional groups attached to an aromatic ring is 1. The van der Waals surface area contributed by atoms with Gasteiger partial charge in [0.15, 0.2) is 0 Å². The number of nitrogens with two attached hydrogens (primary N) is 2. The summed E-state index contributed by atoms with van der Waals surface area (Å²) in [6.07, 6.45) is 1.22. The number of anilines is 2. The van der Waals surface area contributed by atoms with Gasteiger partial charge in [0.25, 0.3) is 0 Å². The second-order valence-electron chi connectivity index (χ2n) is 5.10. The van der Waals surface area contributed by atoms with Crippen molar-refractivity contribution in [3.8, 4) is 0 Å². The Morgan fingerprint density at radius 1 is 1.53 bits per heavy atom. The van der Waals surface area contributed by atoms with Crippen LogP contribution in [0.25, 0.3) is 0 Å². The Labute approximate surface area is 113 Å². The number of amides is 1. The van der Waals surface area contributed by atoms with Crippen molar-refractivity contribution in [1.29, 1.82) is 0 Å². The molecule has 5 nitrogen and oxygen atoms in total. The van der Waals surface area contributed by atoms with E-state index >= 15 is 0 Å². The van der Waals surface area contributed by atoms with Crippen molar-refractivity contribution >= 4 is 17.3 Å². The van der Waals surface area contributed by atoms with Crippen LogP contribution in [-0.2, 0) is 0 Å². The summed E-state index contributed by atoms with van der Waals surface area (Å²) in [6.45, 7) is 6.54. The van der Waals surface area contributed by atoms with Crippen LogP contribution in [0.15, 0.2) is 18.2 Å². The highest BCUT2D eigenvalue weighted by atomic mass is 16.1. The van der Waals surface area contributed by atoms with Crippen LogP contribution in [0.1, 0.15) is 23.7 Å². The maximum absolute atomic E-state index is 11.0. The highest BCUT2D eigenvalue weighted by Crippen LogP contribution is 2.22. The normalized spacial score (nSPS) is 19.5. The third-order valence-electron chi connectivity index (χ3n) is 3.73. The Hall–Kier alpha value is -1.75. The molecule has 1 unspecified atom stereocenters. The van der Waals surface area contributed by atoms with E-state index in [-0.39, 0.29) is 0 Å². The summed E-state index contributed by atoms with van der Waals surface area (Å²) in [5.41, 5.74) is 13.0. The summed E-state index contributed by atoms with van der Waals surface area (Å²) in [5, 5.41) is 3.36. The number of primary amides is 1. The summed E-state index contributed by atoms with van der Waals surface area (Å²) < 4.78 is 0. The number of nitrogens with one attached hydrogen (secondary N) is 1. The number of likely N-dealkylation sites (tertiary alicyclic amines) is 1. The lowest BCUT2D eigenvalue weighted by molar-refractivity contribution is 0.100. The maximum Gasteiger partial charge on any atom is 0.248 e. The molecular weight excluding hydrogens is 240 g/mol. The quantitative estimate of drug-likeness (QED) is 0.694. The van der Waals surface area contributed by atoms with E-state index in [1.165, 1.54) is 13.0 Å². The highest BCUT2D eigenvalue weighted by molar-refractivity contribution is 5.94. The molecule has 1 amide bonds. The standard InChI is InChI=1S/C14H22N4O/c1-2-18-6-5-10(9-18)8-17-13-4-3-11(14(16)19)7-12(13)15/h3-4,7,10,17H,2,5-6,8-9,15H2,1H3,(H2,16,19). The largest absolute Gasteiger partial charge is 0.397 e. The molecule has 1 saturated heterocycles. The van der Waals surface area contributed by atoms with Crippen molar-refractivity contribution < 1.29 is 4.79 Å². The van der Waals surface area contributed by atoms with E-state index in [0.717, 1.165) is 25.3 Å². The zero-order valence-corrected chi connectivity index (χ0v) is 11.4. The molecule has 1 atom stereocenters. The lowest BCUT2D eigenvalue weighted by atomic mass is 10.1. The van der Waals surface area contributed by atoms with Gasteiger partial charge in [0.05, 0.1) is 11.4 Å². The van der Waals surface area contributed by atoms with Crippen LogP contribution in [-0.4, -0.2) is 37.0 Å². The number of nitrogens with zero attached hydrogens (tertiary/aromatic N) is 1. The van der Waals surface area contributed by atoms with Crippen LogP contribution in [0.3, 0.4) is 0 Å². The Morgan fingerprint density at radius 2 is 2.32 bits per heavy atom. The molecule has 0 aromatic heterocycles. The van der Waals surface area contributed by atoms with E-state index in [9.17, 15) is 4.79 Å². The average molecular weight is 262 g/mol. The first kappa shape index (κ1) is 13.7. The van der Waals surface area contributed by atoms with Crippen LogP contribution in [0.2, 0.25) is 0 Å². The van der Waals surface area contributed by atoms with Gasteiger partial charge in [-0.15, -0.1) is 0 Å². The van der Waals surface area contributed by atoms with E-state index < -0.39 is 5.91 Å². The molecule has 1 heterocycles. The lowest BCUT2D eigenvalue weighted by Crippen LogP contribution is -2.22. The third kappa shape index (κ3) is 3.38. The van der Waals surface area contributed by atoms with Gasteiger partial charge in [-0.3, -0.25) is 4.79 Å². The fourth-order valence-corrected chi connectivity index (χ4v) is 2.50. The fraction of sp³-hybridized carbons (Fsp3) is 0.500. The fourth-order valence-electron chi connectivity index (χ4n) is 2.50. The van der Waals surface area contributed by atoms with Crippen molar-refractivity contribution in [2.75, 3.05) is 37.2 Å². The average Bonchev–Trinajstić information content (AvgIpc) is 2.85. The third-order valence-corrected chi connectivity index (χ3v) is 3.73. The summed E-state index contributed by atoms with van der Waals surface area (Å²) in [4.78, 5) is 13.5. The van der Waals surface area contributed by atoms with E-state index in [4.69, 9.17) is 11.5 Å². The van der Waals surface area contributed by atoms with Crippen LogP contribution < -0.4 is 16.8 Å². The van der Waals surface area contributed by atoms with Crippen LogP contribution >= 0.6 is 0 Å². The summed E-state index contributed by atoms with van der Waals surface area (Å²) in [7, 11) is 0. The molecule has 1 fully saturated rings. The van der Waals surface area contributed by atoms with E-state index in [0.29, 0.717) is 17.2 Å². The molecule has 0 bridgehead atoms. The minimum Gasteiger partial charge on any atom is -0.397 e. The van der Waals surface area contributed by atoms with Gasteiger partial charge in [-0.2, -0.15) is 0 Å². The van der Waals surface area contributed by atoms with E-state index in [1.807, 2.05) is 6.07 Å². The monoisotopic (exact) mass is 262 g/mol. The minimum absolute atomic E-state index is 0.445. The van der Waals surface area contributed by atoms with Gasteiger partial charge in [-0.25, -0.2) is 0 Å². The first-order chi connectivity index (χ1) is 9.10. The first-order valence-electron chi connectivity index (χ1n) is 6.75. The van der Waals surface area contributed by atoms with Crippen molar-refractivity contribution in [1.82, 2.24) is 4.90 Å². The van der Waals surface area contributed by atoms with E-state index in [1.54, 1.807) is 12.1 Å². The predicted molar refractivity (Wildman–Crippen MR) is 78.1 cm³/mol. The molecule has 1 aliphatic rings. The number of hydrogen-bond acceptors (Lipinski definition) is 4. The van der Waals surface area contributed by atoms with Gasteiger partial charge >= 0.3 is 0 Å². The number of carbonyl (C=O) groups is 1. The highest BCUT2D eigenvalue weighted by Gasteiger charge is 2.20. The maximum atomic E-state index is 11.0. The topological polar surface area (TPSA) is 84.4 Å². The van der Waals surface area contributed by atoms with Gasteiger partial charge in [0, 0.05) is 18.7 Å². The molecule has 5 heteroatoms. The van der Waals surface area contributed by atoms with Gasteiger partial charge in [0.1, 0.15) is 0 Å². The van der Waals surface area contributed by atoms with Crippen molar-refractivity contribution in [2.24, 2.45) is 11.7 Å². The van der Waals surface area contributed by atoms with Crippen molar-refractivity contribution in [3.63, 3.8) is 0 Å². The second-order valence-corrected chi connectivity index (χ2v) is 5.10. The summed E-state index contributed by atoms with van der Waals surface area (Å²) in [5.74, 6) is 0.211. The molecule has 0 saturated carbocycles. The molecule has 1 aromatic rings. The molecule has 0 aliphatic carbocycles. The van der Waals surface area contributed by atoms with Crippen LogP contribution in [0.5, 0.6) is 0 Å². The van der Waals surface area contributed by atoms with Crippen molar-refractivity contribution in [2.45, 2.75) is 13.3 Å². The van der Waals surface area contributed by atoms with E-state index in [2.05, 4.69) is 17.1 Å². The lowest BCUT2D eigenvalue weighted by Gasteiger charge is -2.15. The Bertz CT molecular complexity index is 461. The molecule has 2 rings (SSSR count). The predicted octanol–water partition coefficient (Wildman–Crippen LogP) is 1.12. The van der Waals surface area contributed by atoms with Crippen LogP contribution in [0.4, 0.5) is 11.4 Å². The zero-order valence-electron chi connectivity index (χ0n) is 11.4. The van der Waals surface area contributed by atoms with Gasteiger partial charge in [0.2, 0.25) is 5.91 Å². The molecule has 0 spiro atoms. The molecule has 1 aliphatic heterocycles. The van der Waals surface area contributed by atoms with Gasteiger partial charge in [-0.1, -0.05) is 6.92 Å². The minimum atomic E-state index is -0.451. The second kappa shape index (κ2) is 5.93. The molecule has 104 valence electrons. The molecular formula is C14H22N4O.